The molecule has 4 nitrogen and oxygen atoms in total. The van der Waals surface area contributed by atoms with Gasteiger partial charge in [0.15, 0.2) is 0 Å². The monoisotopic (exact) mass is 498 g/mol. The zero-order valence-corrected chi connectivity index (χ0v) is 10.3. The molecule has 0 aliphatic carbocycles. The van der Waals surface area contributed by atoms with Crippen molar-refractivity contribution >= 4 is 0 Å². The third kappa shape index (κ3) is 53.0. The molecular weight excluding hydrogens is 494 g/mol. The van der Waals surface area contributed by atoms with Crippen molar-refractivity contribution in [3.8, 4) is 0 Å². The molecule has 0 unspecified atom stereocenters. The second kappa shape index (κ2) is 72.5. The second-order valence-electron chi connectivity index (χ2n) is 0. The van der Waals surface area contributed by atoms with E-state index in [-0.39, 0.29) is 85.6 Å². The quantitative estimate of drug-likeness (QED) is 0.352. The Hall–Kier alpha value is 3.76. The van der Waals surface area contributed by atoms with Crippen molar-refractivity contribution in [1.82, 2.24) is 0 Å². The van der Waals surface area contributed by atoms with Crippen LogP contribution in [0.25, 0.3) is 0 Å². The molecule has 0 bridgehead atoms. The predicted octanol–water partition coefficient (Wildman–Crippen LogP) is -2.77. The van der Waals surface area contributed by atoms with Crippen LogP contribution in [0.15, 0.2) is 0 Å². The van der Waals surface area contributed by atoms with E-state index in [2.05, 4.69) is 0 Å². The van der Waals surface area contributed by atoms with Gasteiger partial charge in [0.05, 0.1) is 0 Å². The van der Waals surface area contributed by atoms with Gasteiger partial charge in [-0.1, -0.05) is 0 Å². The van der Waals surface area contributed by atoms with E-state index in [0.29, 0.717) is 0 Å². The van der Waals surface area contributed by atoms with Gasteiger partial charge in [-0.15, -0.1) is 0 Å². The standard InChI is InChI=1S/2Er.4H2O.2Ti/h;;4*1H2;;/q;;;;;;2*+1/p-2. The Balaban J connectivity index is -0.00000000167. The first-order chi connectivity index (χ1) is 2.00. The van der Waals surface area contributed by atoms with Gasteiger partial charge >= 0.3 is 49.0 Å². The minimum absolute atomic E-state index is 0. The van der Waals surface area contributed by atoms with Gasteiger partial charge in [-0.05, 0) is 0 Å². The van der Waals surface area contributed by atoms with Gasteiger partial charge in [0.25, 0.3) is 0 Å². The van der Waals surface area contributed by atoms with Crippen LogP contribution in [-0.2, 0) is 41.6 Å². The third-order valence-electron chi connectivity index (χ3n) is 0. The average molecular weight is 500 g/mol. The molecular formula is H6Er2O4Ti2. The summed E-state index contributed by atoms with van der Waals surface area (Å²) < 4.78 is 14.0. The summed E-state index contributed by atoms with van der Waals surface area (Å²) in [7, 11) is 0. The van der Waals surface area contributed by atoms with Crippen molar-refractivity contribution in [2.45, 2.75) is 0 Å². The van der Waals surface area contributed by atoms with E-state index in [1.165, 1.54) is 0 Å². The molecule has 0 spiro atoms. The molecule has 0 aliphatic rings. The van der Waals surface area contributed by atoms with Crippen LogP contribution in [0.4, 0.5) is 0 Å². The molecule has 0 aliphatic heterocycles. The Morgan fingerprint density at radius 1 is 0.625 bits per heavy atom. The first kappa shape index (κ1) is 41.0. The Morgan fingerprint density at radius 3 is 0.625 bits per heavy atom. The molecule has 0 aromatic heterocycles. The Morgan fingerprint density at radius 2 is 0.625 bits per heavy atom. The molecule has 0 amide bonds. The summed E-state index contributed by atoms with van der Waals surface area (Å²) >= 11 is 2.00. The van der Waals surface area contributed by atoms with Crippen molar-refractivity contribution in [3.63, 3.8) is 0 Å². The molecule has 0 aromatic carbocycles. The average Bonchev–Trinajstić information content (AvgIpc) is 1.50. The van der Waals surface area contributed by atoms with Gasteiger partial charge < -0.3 is 11.0 Å². The minimum atomic E-state index is 0. The fourth-order valence-corrected chi connectivity index (χ4v) is 0. The van der Waals surface area contributed by atoms with E-state index in [1.54, 1.807) is 0 Å². The summed E-state index contributed by atoms with van der Waals surface area (Å²) in [5.41, 5.74) is 0. The van der Waals surface area contributed by atoms with Crippen molar-refractivity contribution < 1.29 is 135 Å². The van der Waals surface area contributed by atoms with E-state index < -0.39 is 0 Å². The van der Waals surface area contributed by atoms with Gasteiger partial charge in [-0.3, -0.25) is 0 Å². The molecule has 0 fully saturated rings. The van der Waals surface area contributed by atoms with Crippen LogP contribution in [-0.4, -0.2) is 18.3 Å². The van der Waals surface area contributed by atoms with Gasteiger partial charge in [-0.2, -0.15) is 0 Å². The van der Waals surface area contributed by atoms with E-state index in [1.807, 2.05) is 0 Å². The van der Waals surface area contributed by atoms with Crippen LogP contribution < -0.4 is 0 Å². The van der Waals surface area contributed by atoms with Crippen LogP contribution in [0.5, 0.6) is 0 Å². The first-order valence-corrected chi connectivity index (χ1v) is 1.84. The van der Waals surface area contributed by atoms with Gasteiger partial charge in [0.2, 0.25) is 0 Å². The van der Waals surface area contributed by atoms with E-state index in [0.717, 1.165) is 41.6 Å². The summed E-state index contributed by atoms with van der Waals surface area (Å²) in [6.07, 6.45) is 0. The summed E-state index contributed by atoms with van der Waals surface area (Å²) in [5, 5.41) is 0. The molecule has 0 atom stereocenters. The molecule has 0 aromatic rings. The SMILES string of the molecule is O.O.[Er].[Er].[OH][Ti].[OH][Ti]. The topological polar surface area (TPSA) is 103 Å². The zero-order chi connectivity index (χ0) is 4.00. The third-order valence-corrected chi connectivity index (χ3v) is 0. The predicted molar refractivity (Wildman–Crippen MR) is 11.7 cm³/mol. The molecule has 0 saturated heterocycles. The summed E-state index contributed by atoms with van der Waals surface area (Å²) in [6.45, 7) is 0. The molecule has 0 heterocycles. The Labute approximate surface area is 131 Å². The molecule has 8 heteroatoms. The van der Waals surface area contributed by atoms with Crippen molar-refractivity contribution in [2.24, 2.45) is 0 Å². The molecule has 0 saturated carbocycles. The van der Waals surface area contributed by atoms with Crippen molar-refractivity contribution in [1.29, 1.82) is 0 Å². The summed E-state index contributed by atoms with van der Waals surface area (Å²) in [6, 6.07) is 0. The maximum atomic E-state index is 7.00. The molecule has 6 N–H and O–H groups in total. The Bertz CT molecular complexity index is 12.0. The summed E-state index contributed by atoms with van der Waals surface area (Å²) in [5.74, 6) is 0. The zero-order valence-electron chi connectivity index (χ0n) is 3.47. The van der Waals surface area contributed by atoms with Crippen LogP contribution in [0.1, 0.15) is 0 Å². The number of hydrogen-bond donors (Lipinski definition) is 2. The molecule has 0 rings (SSSR count). The fraction of sp³-hybridized carbons (Fsp3) is 0. The van der Waals surface area contributed by atoms with Gasteiger partial charge in [0.1, 0.15) is 0 Å². The van der Waals surface area contributed by atoms with Crippen molar-refractivity contribution in [2.75, 3.05) is 0 Å². The second-order valence-corrected chi connectivity index (χ2v) is 0. The van der Waals surface area contributed by atoms with Gasteiger partial charge in [-0.25, -0.2) is 0 Å². The van der Waals surface area contributed by atoms with E-state index in [9.17, 15) is 0 Å². The molecule has 62 valence electrons. The first-order valence-electron chi connectivity index (χ1n) is 0.447. The van der Waals surface area contributed by atoms with Crippen molar-refractivity contribution in [3.05, 3.63) is 0 Å². The Kier molecular flexibility index (Phi) is 372. The van der Waals surface area contributed by atoms with E-state index >= 15 is 0 Å². The van der Waals surface area contributed by atoms with Crippen LogP contribution >= 0.6 is 0 Å². The normalized spacial score (nSPS) is 1.00. The number of rotatable bonds is 0. The molecule has 0 radical (unpaired) electrons. The maximum absolute atomic E-state index is 7.00. The van der Waals surface area contributed by atoms with Crippen LogP contribution in [0.3, 0.4) is 0 Å². The fourth-order valence-electron chi connectivity index (χ4n) is 0. The molecule has 8 heavy (non-hydrogen) atoms. The van der Waals surface area contributed by atoms with Gasteiger partial charge in [0, 0.05) is 74.6 Å². The summed E-state index contributed by atoms with van der Waals surface area (Å²) in [4.78, 5) is 0. The van der Waals surface area contributed by atoms with Crippen LogP contribution in [0.2, 0.25) is 0 Å². The van der Waals surface area contributed by atoms with E-state index in [4.69, 9.17) is 7.38 Å². The number of hydrogen-bond acceptors (Lipinski definition) is 2. The van der Waals surface area contributed by atoms with Crippen LogP contribution in [0, 0.1) is 74.6 Å².